The van der Waals surface area contributed by atoms with E-state index >= 15 is 0 Å². The lowest BCUT2D eigenvalue weighted by molar-refractivity contribution is 0.0717. The van der Waals surface area contributed by atoms with Crippen LogP contribution in [0, 0.1) is 0 Å². The topological polar surface area (TPSA) is 23.5 Å². The van der Waals surface area contributed by atoms with Gasteiger partial charge in [-0.2, -0.15) is 0 Å². The van der Waals surface area contributed by atoms with E-state index in [2.05, 4.69) is 25.8 Å². The summed E-state index contributed by atoms with van der Waals surface area (Å²) in [5, 5.41) is 10.3. The first kappa shape index (κ1) is 15.2. The summed E-state index contributed by atoms with van der Waals surface area (Å²) in [6, 6.07) is 10.1. The molecule has 0 fully saturated rings. The Morgan fingerprint density at radius 1 is 1.11 bits per heavy atom. The molecule has 1 N–H and O–H groups in total. The van der Waals surface area contributed by atoms with E-state index in [0.29, 0.717) is 0 Å². The van der Waals surface area contributed by atoms with Gasteiger partial charge in [-0.3, -0.25) is 0 Å². The van der Waals surface area contributed by atoms with Crippen molar-refractivity contribution in [2.45, 2.75) is 51.7 Å². The number of aliphatic hydroxyl groups excluding tert-OH is 1. The van der Waals surface area contributed by atoms with E-state index in [0.717, 1.165) is 12.1 Å². The number of rotatable bonds is 8. The molecule has 102 valence electrons. The molecule has 0 heterocycles. The summed E-state index contributed by atoms with van der Waals surface area (Å²) in [7, 11) is 2.10. The number of likely N-dealkylation sites (N-methyl/N-ethyl adjacent to an activating group) is 1. The molecule has 2 atom stereocenters. The van der Waals surface area contributed by atoms with Crippen molar-refractivity contribution in [3.8, 4) is 0 Å². The normalized spacial score (nSPS) is 14.7. The molecule has 1 rings (SSSR count). The molecule has 0 spiro atoms. The van der Waals surface area contributed by atoms with Crippen molar-refractivity contribution >= 4 is 0 Å². The highest BCUT2D eigenvalue weighted by Gasteiger charge is 2.19. The van der Waals surface area contributed by atoms with Crippen LogP contribution in [0.15, 0.2) is 30.3 Å². The number of hydrogen-bond acceptors (Lipinski definition) is 2. The molecule has 2 unspecified atom stereocenters. The van der Waals surface area contributed by atoms with Crippen LogP contribution in [0.4, 0.5) is 0 Å². The number of benzene rings is 1. The average Bonchev–Trinajstić information content (AvgIpc) is 2.42. The van der Waals surface area contributed by atoms with E-state index < -0.39 is 6.10 Å². The van der Waals surface area contributed by atoms with Gasteiger partial charge in [0.1, 0.15) is 0 Å². The van der Waals surface area contributed by atoms with Crippen LogP contribution in [0.2, 0.25) is 0 Å². The molecule has 0 amide bonds. The van der Waals surface area contributed by atoms with E-state index in [1.807, 2.05) is 30.3 Å². The van der Waals surface area contributed by atoms with E-state index in [1.54, 1.807) is 0 Å². The van der Waals surface area contributed by atoms with Crippen LogP contribution in [0.5, 0.6) is 0 Å². The van der Waals surface area contributed by atoms with Gasteiger partial charge in [-0.15, -0.1) is 0 Å². The maximum Gasteiger partial charge on any atom is 0.0942 e. The maximum absolute atomic E-state index is 10.3. The molecule has 0 bridgehead atoms. The summed E-state index contributed by atoms with van der Waals surface area (Å²) >= 11 is 0. The maximum atomic E-state index is 10.3. The highest BCUT2D eigenvalue weighted by atomic mass is 16.3. The summed E-state index contributed by atoms with van der Waals surface area (Å²) < 4.78 is 0. The third-order valence-corrected chi connectivity index (χ3v) is 3.66. The van der Waals surface area contributed by atoms with E-state index in [-0.39, 0.29) is 6.04 Å². The fourth-order valence-electron chi connectivity index (χ4n) is 2.16. The molecular weight excluding hydrogens is 222 g/mol. The van der Waals surface area contributed by atoms with Crippen molar-refractivity contribution in [2.24, 2.45) is 0 Å². The average molecular weight is 249 g/mol. The zero-order valence-electron chi connectivity index (χ0n) is 12.0. The lowest BCUT2D eigenvalue weighted by Crippen LogP contribution is -2.35. The van der Waals surface area contributed by atoms with Gasteiger partial charge in [0.25, 0.3) is 0 Å². The van der Waals surface area contributed by atoms with Crippen LogP contribution in [0.1, 0.15) is 51.2 Å². The molecular formula is C16H27NO. The summed E-state index contributed by atoms with van der Waals surface area (Å²) in [6.45, 7) is 5.38. The Hall–Kier alpha value is -0.860. The molecule has 0 saturated carbocycles. The molecule has 1 aromatic carbocycles. The number of nitrogens with zero attached hydrogens (tertiary/aromatic N) is 1. The van der Waals surface area contributed by atoms with Gasteiger partial charge in [-0.25, -0.2) is 0 Å². The Morgan fingerprint density at radius 2 is 1.78 bits per heavy atom. The first-order valence-electron chi connectivity index (χ1n) is 7.10. The molecule has 0 aliphatic carbocycles. The highest BCUT2D eigenvalue weighted by Crippen LogP contribution is 2.20. The van der Waals surface area contributed by atoms with Gasteiger partial charge in [0.05, 0.1) is 6.10 Å². The fraction of sp³-hybridized carbons (Fsp3) is 0.625. The summed E-state index contributed by atoms with van der Waals surface area (Å²) in [5.74, 6) is 0. The number of unbranched alkanes of at least 4 members (excludes halogenated alkanes) is 3. The SMILES string of the molecule is CCCCCCN(C)C(C)C(O)c1ccccc1. The molecule has 2 heteroatoms. The summed E-state index contributed by atoms with van der Waals surface area (Å²) in [5.41, 5.74) is 1.01. The van der Waals surface area contributed by atoms with Crippen LogP contribution in [0.25, 0.3) is 0 Å². The molecule has 0 aliphatic rings. The molecule has 18 heavy (non-hydrogen) atoms. The van der Waals surface area contributed by atoms with Crippen molar-refractivity contribution in [2.75, 3.05) is 13.6 Å². The quantitative estimate of drug-likeness (QED) is 0.711. The second kappa shape index (κ2) is 8.28. The Morgan fingerprint density at radius 3 is 2.39 bits per heavy atom. The molecule has 0 aromatic heterocycles. The predicted octanol–water partition coefficient (Wildman–Crippen LogP) is 3.62. The smallest absolute Gasteiger partial charge is 0.0942 e. The zero-order chi connectivity index (χ0) is 13.4. The van der Waals surface area contributed by atoms with Gasteiger partial charge in [0.2, 0.25) is 0 Å². The number of aliphatic hydroxyl groups is 1. The zero-order valence-corrected chi connectivity index (χ0v) is 12.0. The van der Waals surface area contributed by atoms with Gasteiger partial charge in [-0.1, -0.05) is 56.5 Å². The molecule has 0 aliphatic heterocycles. The van der Waals surface area contributed by atoms with Crippen LogP contribution < -0.4 is 0 Å². The van der Waals surface area contributed by atoms with Gasteiger partial charge >= 0.3 is 0 Å². The van der Waals surface area contributed by atoms with E-state index in [9.17, 15) is 5.11 Å². The predicted molar refractivity (Wildman–Crippen MR) is 77.6 cm³/mol. The number of hydrogen-bond donors (Lipinski definition) is 1. The minimum atomic E-state index is -0.401. The first-order valence-corrected chi connectivity index (χ1v) is 7.10. The fourth-order valence-corrected chi connectivity index (χ4v) is 2.16. The minimum Gasteiger partial charge on any atom is -0.387 e. The molecule has 0 radical (unpaired) electrons. The lowest BCUT2D eigenvalue weighted by atomic mass is 10.0. The van der Waals surface area contributed by atoms with Crippen LogP contribution in [-0.2, 0) is 0 Å². The standard InChI is InChI=1S/C16H27NO/c1-4-5-6-10-13-17(3)14(2)16(18)15-11-8-7-9-12-15/h7-9,11-12,14,16,18H,4-6,10,13H2,1-3H3. The third-order valence-electron chi connectivity index (χ3n) is 3.66. The van der Waals surface area contributed by atoms with E-state index in [1.165, 1.54) is 25.7 Å². The largest absolute Gasteiger partial charge is 0.387 e. The molecule has 0 saturated heterocycles. The van der Waals surface area contributed by atoms with Crippen LogP contribution in [-0.4, -0.2) is 29.6 Å². The third kappa shape index (κ3) is 4.79. The Kier molecular flexibility index (Phi) is 6.99. The summed E-state index contributed by atoms with van der Waals surface area (Å²) in [4.78, 5) is 2.26. The Labute approximate surface area is 112 Å². The van der Waals surface area contributed by atoms with Gasteiger partial charge in [-0.05, 0) is 32.5 Å². The Bertz CT molecular complexity index is 312. The first-order chi connectivity index (χ1) is 8.66. The lowest BCUT2D eigenvalue weighted by Gasteiger charge is -2.29. The van der Waals surface area contributed by atoms with Crippen molar-refractivity contribution < 1.29 is 5.11 Å². The van der Waals surface area contributed by atoms with Gasteiger partial charge in [0.15, 0.2) is 0 Å². The monoisotopic (exact) mass is 249 g/mol. The second-order valence-electron chi connectivity index (χ2n) is 5.14. The van der Waals surface area contributed by atoms with Crippen molar-refractivity contribution in [1.82, 2.24) is 4.90 Å². The van der Waals surface area contributed by atoms with Crippen molar-refractivity contribution in [1.29, 1.82) is 0 Å². The van der Waals surface area contributed by atoms with E-state index in [4.69, 9.17) is 0 Å². The molecule has 1 aromatic rings. The van der Waals surface area contributed by atoms with Gasteiger partial charge in [0, 0.05) is 6.04 Å². The van der Waals surface area contributed by atoms with Crippen molar-refractivity contribution in [3.63, 3.8) is 0 Å². The van der Waals surface area contributed by atoms with Crippen molar-refractivity contribution in [3.05, 3.63) is 35.9 Å². The van der Waals surface area contributed by atoms with Crippen LogP contribution >= 0.6 is 0 Å². The second-order valence-corrected chi connectivity index (χ2v) is 5.14. The molecule has 2 nitrogen and oxygen atoms in total. The minimum absolute atomic E-state index is 0.161. The van der Waals surface area contributed by atoms with Gasteiger partial charge < -0.3 is 10.0 Å². The van der Waals surface area contributed by atoms with Crippen LogP contribution in [0.3, 0.4) is 0 Å². The highest BCUT2D eigenvalue weighted by molar-refractivity contribution is 5.18. The summed E-state index contributed by atoms with van der Waals surface area (Å²) in [6.07, 6.45) is 4.68. The Balaban J connectivity index is 2.40.